The molecule has 0 radical (unpaired) electrons. The van der Waals surface area contributed by atoms with Crippen LogP contribution < -0.4 is 0 Å². The van der Waals surface area contributed by atoms with Crippen LogP contribution in [-0.4, -0.2) is 10.4 Å². The van der Waals surface area contributed by atoms with Crippen molar-refractivity contribution >= 4 is 22.5 Å². The molecule has 3 aromatic rings. The third-order valence-electron chi connectivity index (χ3n) is 4.14. The van der Waals surface area contributed by atoms with Gasteiger partial charge in [-0.05, 0) is 40.5 Å². The number of fused-ring (bicyclic) bond motifs is 2. The van der Waals surface area contributed by atoms with E-state index in [4.69, 9.17) is 0 Å². The van der Waals surface area contributed by atoms with Crippen molar-refractivity contribution in [2.45, 2.75) is 22.7 Å². The molecule has 1 heterocycles. The first-order valence-corrected chi connectivity index (χ1v) is 8.10. The molecule has 3 aromatic carbocycles. The van der Waals surface area contributed by atoms with E-state index in [1.54, 1.807) is 11.8 Å². The summed E-state index contributed by atoms with van der Waals surface area (Å²) in [6, 6.07) is 23.0. The van der Waals surface area contributed by atoms with Crippen LogP contribution in [0.2, 0.25) is 0 Å². The lowest BCUT2D eigenvalue weighted by atomic mass is 9.98. The van der Waals surface area contributed by atoms with Gasteiger partial charge in [0, 0.05) is 10.1 Å². The average molecular weight is 292 g/mol. The Morgan fingerprint density at radius 1 is 0.905 bits per heavy atom. The molecule has 4 rings (SSSR count). The second-order valence-corrected chi connectivity index (χ2v) is 6.80. The first-order valence-electron chi connectivity index (χ1n) is 7.22. The van der Waals surface area contributed by atoms with Crippen LogP contribution in [0.25, 0.3) is 10.8 Å². The number of rotatable bonds is 2. The van der Waals surface area contributed by atoms with Gasteiger partial charge in [0.2, 0.25) is 0 Å². The van der Waals surface area contributed by atoms with E-state index in [2.05, 4.69) is 54.6 Å². The minimum atomic E-state index is -0.424. The zero-order valence-electron chi connectivity index (χ0n) is 11.6. The van der Waals surface area contributed by atoms with Gasteiger partial charge >= 0.3 is 0 Å². The first kappa shape index (κ1) is 12.9. The fourth-order valence-electron chi connectivity index (χ4n) is 2.99. The Morgan fingerprint density at radius 3 is 2.52 bits per heavy atom. The van der Waals surface area contributed by atoms with Crippen molar-refractivity contribution in [3.63, 3.8) is 0 Å². The number of hydrogen-bond acceptors (Lipinski definition) is 2. The molecule has 0 fully saturated rings. The molecule has 0 saturated heterocycles. The summed E-state index contributed by atoms with van der Waals surface area (Å²) in [5.41, 5.74) is 2.37. The van der Waals surface area contributed by atoms with Gasteiger partial charge in [0.15, 0.2) is 0 Å². The number of benzene rings is 3. The van der Waals surface area contributed by atoms with Gasteiger partial charge in [-0.3, -0.25) is 0 Å². The molecule has 0 aliphatic carbocycles. The lowest BCUT2D eigenvalue weighted by molar-refractivity contribution is 0.175. The molecule has 1 nitrogen and oxygen atoms in total. The summed E-state index contributed by atoms with van der Waals surface area (Å²) < 4.78 is 0. The van der Waals surface area contributed by atoms with Crippen LogP contribution in [0.5, 0.6) is 0 Å². The monoisotopic (exact) mass is 292 g/mol. The van der Waals surface area contributed by atoms with E-state index in [1.807, 2.05) is 12.1 Å². The van der Waals surface area contributed by atoms with E-state index < -0.39 is 6.10 Å². The van der Waals surface area contributed by atoms with Crippen LogP contribution in [0.4, 0.5) is 0 Å². The third-order valence-corrected chi connectivity index (χ3v) is 5.52. The summed E-state index contributed by atoms with van der Waals surface area (Å²) in [7, 11) is 0. The smallest absolute Gasteiger partial charge is 0.0915 e. The molecule has 0 saturated carbocycles. The number of aliphatic hydroxyl groups is 1. The minimum Gasteiger partial charge on any atom is -0.387 e. The van der Waals surface area contributed by atoms with Gasteiger partial charge in [-0.25, -0.2) is 0 Å². The highest BCUT2D eigenvalue weighted by molar-refractivity contribution is 8.00. The predicted octanol–water partition coefficient (Wildman–Crippen LogP) is 4.59. The van der Waals surface area contributed by atoms with E-state index >= 15 is 0 Å². The maximum Gasteiger partial charge on any atom is 0.0915 e. The van der Waals surface area contributed by atoms with Crippen molar-refractivity contribution in [3.05, 3.63) is 77.9 Å². The van der Waals surface area contributed by atoms with Crippen LogP contribution in [0.15, 0.2) is 71.6 Å². The van der Waals surface area contributed by atoms with Crippen LogP contribution in [0.3, 0.4) is 0 Å². The highest BCUT2D eigenvalue weighted by Gasteiger charge is 2.29. The molecule has 0 aromatic heterocycles. The fourth-order valence-corrected chi connectivity index (χ4v) is 4.33. The van der Waals surface area contributed by atoms with Crippen LogP contribution in [-0.2, 0) is 6.42 Å². The summed E-state index contributed by atoms with van der Waals surface area (Å²) in [6.07, 6.45) is 0.515. The summed E-state index contributed by atoms with van der Waals surface area (Å²) in [5, 5.41) is 13.4. The molecule has 21 heavy (non-hydrogen) atoms. The van der Waals surface area contributed by atoms with Crippen molar-refractivity contribution in [1.29, 1.82) is 0 Å². The molecule has 1 N–H and O–H groups in total. The summed E-state index contributed by atoms with van der Waals surface area (Å²) in [5.74, 6) is 0. The quantitative estimate of drug-likeness (QED) is 0.745. The summed E-state index contributed by atoms with van der Waals surface area (Å²) >= 11 is 1.79. The Hall–Kier alpha value is -1.77. The topological polar surface area (TPSA) is 20.2 Å². The van der Waals surface area contributed by atoms with Crippen LogP contribution in [0, 0.1) is 0 Å². The third kappa shape index (κ3) is 2.35. The molecule has 0 amide bonds. The van der Waals surface area contributed by atoms with E-state index in [9.17, 15) is 5.11 Å². The van der Waals surface area contributed by atoms with Gasteiger partial charge in [-0.1, -0.05) is 54.6 Å². The van der Waals surface area contributed by atoms with Crippen LogP contribution in [0.1, 0.15) is 17.2 Å². The van der Waals surface area contributed by atoms with Gasteiger partial charge in [0.25, 0.3) is 0 Å². The predicted molar refractivity (Wildman–Crippen MR) is 88.7 cm³/mol. The van der Waals surface area contributed by atoms with Crippen LogP contribution >= 0.6 is 11.8 Å². The van der Waals surface area contributed by atoms with Gasteiger partial charge in [-0.15, -0.1) is 11.8 Å². The number of hydrogen-bond donors (Lipinski definition) is 1. The molecular weight excluding hydrogens is 276 g/mol. The Kier molecular flexibility index (Phi) is 3.21. The molecular formula is C19H16OS. The van der Waals surface area contributed by atoms with Crippen molar-refractivity contribution in [1.82, 2.24) is 0 Å². The van der Waals surface area contributed by atoms with E-state index in [-0.39, 0.29) is 5.25 Å². The molecule has 0 bridgehead atoms. The highest BCUT2D eigenvalue weighted by atomic mass is 32.2. The Labute approximate surface area is 128 Å². The SMILES string of the molecule is OC(c1ccc2ccccc2c1)C1Cc2ccccc2S1. The molecule has 2 atom stereocenters. The van der Waals surface area contributed by atoms with Gasteiger partial charge < -0.3 is 5.11 Å². The Bertz CT molecular complexity index is 771. The van der Waals surface area contributed by atoms with Crippen molar-refractivity contribution in [3.8, 4) is 0 Å². The second kappa shape index (κ2) is 5.21. The maximum atomic E-state index is 10.7. The van der Waals surface area contributed by atoms with E-state index in [1.165, 1.54) is 21.2 Å². The van der Waals surface area contributed by atoms with Crippen molar-refractivity contribution in [2.24, 2.45) is 0 Å². The summed E-state index contributed by atoms with van der Waals surface area (Å²) in [4.78, 5) is 1.31. The maximum absolute atomic E-state index is 10.7. The number of thioether (sulfide) groups is 1. The lowest BCUT2D eigenvalue weighted by Gasteiger charge is -2.18. The minimum absolute atomic E-state index is 0.212. The van der Waals surface area contributed by atoms with E-state index in [0.717, 1.165) is 12.0 Å². The van der Waals surface area contributed by atoms with Gasteiger partial charge in [0.05, 0.1) is 6.10 Å². The number of aliphatic hydroxyl groups excluding tert-OH is 1. The lowest BCUT2D eigenvalue weighted by Crippen LogP contribution is -2.14. The normalized spacial score (nSPS) is 18.6. The molecule has 1 aliphatic rings. The molecule has 1 aliphatic heterocycles. The van der Waals surface area contributed by atoms with Crippen molar-refractivity contribution in [2.75, 3.05) is 0 Å². The molecule has 0 spiro atoms. The van der Waals surface area contributed by atoms with Crippen molar-refractivity contribution < 1.29 is 5.11 Å². The molecule has 104 valence electrons. The molecule has 2 unspecified atom stereocenters. The zero-order chi connectivity index (χ0) is 14.2. The van der Waals surface area contributed by atoms with Gasteiger partial charge in [0.1, 0.15) is 0 Å². The van der Waals surface area contributed by atoms with E-state index in [0.29, 0.717) is 0 Å². The average Bonchev–Trinajstić information content (AvgIpc) is 2.97. The first-order chi connectivity index (χ1) is 10.3. The largest absolute Gasteiger partial charge is 0.387 e. The second-order valence-electron chi connectivity index (χ2n) is 5.52. The zero-order valence-corrected chi connectivity index (χ0v) is 12.4. The Morgan fingerprint density at radius 2 is 1.67 bits per heavy atom. The fraction of sp³-hybridized carbons (Fsp3) is 0.158. The van der Waals surface area contributed by atoms with Gasteiger partial charge in [-0.2, -0.15) is 0 Å². The highest BCUT2D eigenvalue weighted by Crippen LogP contribution is 2.42. The molecule has 2 heteroatoms. The summed E-state index contributed by atoms with van der Waals surface area (Å²) in [6.45, 7) is 0. The Balaban J connectivity index is 1.64. The standard InChI is InChI=1S/C19H16OS/c20-19(18-12-15-7-3-4-8-17(15)21-18)16-10-9-13-5-1-2-6-14(13)11-16/h1-11,18-20H,12H2.